The monoisotopic (exact) mass is 383 g/mol. The second kappa shape index (κ2) is 7.74. The van der Waals surface area contributed by atoms with Crippen LogP contribution in [0.3, 0.4) is 0 Å². The van der Waals surface area contributed by atoms with Gasteiger partial charge in [-0.25, -0.2) is 4.99 Å². The van der Waals surface area contributed by atoms with E-state index in [9.17, 15) is 4.79 Å². The lowest BCUT2D eigenvalue weighted by Gasteiger charge is -2.30. The third-order valence-electron chi connectivity index (χ3n) is 4.23. The molecule has 1 unspecified atom stereocenters. The molecular formula is C19H17N3O2S2. The molecular weight excluding hydrogens is 366 g/mol. The second-order valence-corrected chi connectivity index (χ2v) is 7.12. The zero-order chi connectivity index (χ0) is 18.7. The first-order valence-electron chi connectivity index (χ1n) is 7.93. The maximum atomic E-state index is 13.1. The normalized spacial score (nSPS) is 19.5. The number of carbonyl (C=O) groups is 1. The molecule has 26 heavy (non-hydrogen) atoms. The third kappa shape index (κ3) is 3.37. The minimum absolute atomic E-state index is 0.218. The van der Waals surface area contributed by atoms with E-state index in [2.05, 4.69) is 16.2 Å². The molecule has 0 fully saturated rings. The van der Waals surface area contributed by atoms with Crippen LogP contribution >= 0.6 is 23.6 Å². The number of benzene rings is 1. The van der Waals surface area contributed by atoms with Crippen LogP contribution in [-0.4, -0.2) is 29.6 Å². The van der Waals surface area contributed by atoms with Crippen LogP contribution in [0.5, 0.6) is 5.75 Å². The van der Waals surface area contributed by atoms with Crippen molar-refractivity contribution in [2.45, 2.75) is 12.8 Å². The number of anilines is 1. The third-order valence-corrected chi connectivity index (χ3v) is 5.50. The summed E-state index contributed by atoms with van der Waals surface area (Å²) in [5.74, 6) is 1.83. The van der Waals surface area contributed by atoms with E-state index < -0.39 is 5.92 Å². The summed E-state index contributed by atoms with van der Waals surface area (Å²) >= 11 is 6.83. The summed E-state index contributed by atoms with van der Waals surface area (Å²) in [5, 5.41) is 12.5. The Morgan fingerprint density at radius 1 is 1.35 bits per heavy atom. The van der Waals surface area contributed by atoms with Crippen molar-refractivity contribution in [3.8, 4) is 5.75 Å². The van der Waals surface area contributed by atoms with Gasteiger partial charge in [0, 0.05) is 16.5 Å². The number of aliphatic imine (C=N–C) groups is 1. The molecule has 1 aromatic heterocycles. The molecule has 0 radical (unpaired) electrons. The Hall–Kier alpha value is -2.60. The van der Waals surface area contributed by atoms with Crippen molar-refractivity contribution < 1.29 is 9.53 Å². The number of hydrogen-bond donors (Lipinski definition) is 2. The highest BCUT2D eigenvalue weighted by atomic mass is 32.1. The topological polar surface area (TPSA) is 74.5 Å². The van der Waals surface area contributed by atoms with Crippen molar-refractivity contribution in [1.29, 1.82) is 5.41 Å². The smallest absolute Gasteiger partial charge is 0.234 e. The highest BCUT2D eigenvalue weighted by Crippen LogP contribution is 2.39. The molecule has 0 bridgehead atoms. The number of hydrogen-bond acceptors (Lipinski definition) is 5. The molecule has 1 amide bonds. The van der Waals surface area contributed by atoms with Gasteiger partial charge in [0.25, 0.3) is 0 Å². The van der Waals surface area contributed by atoms with Gasteiger partial charge in [-0.15, -0.1) is 11.3 Å². The molecule has 3 rings (SSSR count). The Bertz CT molecular complexity index is 928. The lowest BCUT2D eigenvalue weighted by Crippen LogP contribution is -2.38. The van der Waals surface area contributed by atoms with Gasteiger partial charge in [0.2, 0.25) is 5.91 Å². The number of ether oxygens (including phenoxy) is 1. The molecule has 1 aromatic carbocycles. The van der Waals surface area contributed by atoms with Crippen LogP contribution in [0.2, 0.25) is 0 Å². The first-order valence-corrected chi connectivity index (χ1v) is 9.22. The highest BCUT2D eigenvalue weighted by Gasteiger charge is 2.40. The van der Waals surface area contributed by atoms with Crippen LogP contribution in [0.25, 0.3) is 0 Å². The van der Waals surface area contributed by atoms with E-state index in [0.717, 1.165) is 4.88 Å². The van der Waals surface area contributed by atoms with Crippen molar-refractivity contribution in [2.75, 3.05) is 12.4 Å². The zero-order valence-corrected chi connectivity index (χ0v) is 15.9. The number of nitrogens with zero attached hydrogens (tertiary/aromatic N) is 1. The second-order valence-electron chi connectivity index (χ2n) is 5.76. The van der Waals surface area contributed by atoms with Gasteiger partial charge in [-0.05, 0) is 36.4 Å². The number of amides is 1. The van der Waals surface area contributed by atoms with E-state index in [0.29, 0.717) is 27.7 Å². The van der Waals surface area contributed by atoms with Gasteiger partial charge >= 0.3 is 0 Å². The number of para-hydroxylation sites is 2. The Morgan fingerprint density at radius 2 is 2.12 bits per heavy atom. The Labute approximate surface area is 160 Å². The van der Waals surface area contributed by atoms with Crippen molar-refractivity contribution in [1.82, 2.24) is 0 Å². The largest absolute Gasteiger partial charge is 0.495 e. The van der Waals surface area contributed by atoms with Crippen LogP contribution in [0, 0.1) is 11.3 Å². The first kappa shape index (κ1) is 18.2. The lowest BCUT2D eigenvalue weighted by atomic mass is 9.79. The maximum absolute atomic E-state index is 13.1. The molecule has 7 heteroatoms. The Kier molecular flexibility index (Phi) is 5.42. The minimum atomic E-state index is -0.571. The summed E-state index contributed by atoms with van der Waals surface area (Å²) in [7, 11) is 1.56. The quantitative estimate of drug-likeness (QED) is 0.475. The van der Waals surface area contributed by atoms with Gasteiger partial charge in [0.1, 0.15) is 10.7 Å². The standard InChI is InChI=1S/C19H17N3O2S2/c1-11-16(18(23)22-13-6-3-4-7-14(13)24-2)17(15-8-5-9-26-15)12(10-20)19(25)21-11/h3-9,16-17,20H,1-2H3,(H,22,23)/t16?,17-/m0/s1. The fraction of sp³-hybridized carbons (Fsp3) is 0.211. The van der Waals surface area contributed by atoms with Gasteiger partial charge in [-0.2, -0.15) is 0 Å². The molecule has 0 saturated heterocycles. The number of rotatable bonds is 4. The van der Waals surface area contributed by atoms with Crippen molar-refractivity contribution in [3.05, 3.63) is 52.2 Å². The molecule has 2 aromatic rings. The predicted molar refractivity (Wildman–Crippen MR) is 109 cm³/mol. The average Bonchev–Trinajstić information content (AvgIpc) is 3.15. The zero-order valence-electron chi connectivity index (χ0n) is 14.3. The summed E-state index contributed by atoms with van der Waals surface area (Å²) in [4.78, 5) is 18.7. The van der Waals surface area contributed by atoms with Gasteiger partial charge in [0.15, 0.2) is 0 Å². The van der Waals surface area contributed by atoms with Crippen molar-refractivity contribution in [3.63, 3.8) is 0 Å². The molecule has 0 saturated carbocycles. The number of carbonyl (C=O) groups excluding carboxylic acids is 1. The molecule has 0 spiro atoms. The minimum Gasteiger partial charge on any atom is -0.495 e. The van der Waals surface area contributed by atoms with E-state index in [-0.39, 0.29) is 11.8 Å². The first-order chi connectivity index (χ1) is 12.6. The molecule has 2 heterocycles. The Balaban J connectivity index is 2.02. The fourth-order valence-electron chi connectivity index (χ4n) is 3.04. The predicted octanol–water partition coefficient (Wildman–Crippen LogP) is 4.07. The summed E-state index contributed by atoms with van der Waals surface area (Å²) in [5.41, 5.74) is 1.68. The summed E-state index contributed by atoms with van der Waals surface area (Å²) in [6.45, 7) is 1.79. The molecule has 2 atom stereocenters. The van der Waals surface area contributed by atoms with Gasteiger partial charge in [-0.1, -0.05) is 30.4 Å². The van der Waals surface area contributed by atoms with E-state index >= 15 is 0 Å². The average molecular weight is 383 g/mol. The summed E-state index contributed by atoms with van der Waals surface area (Å²) in [6.07, 6.45) is 0. The van der Waals surface area contributed by atoms with E-state index in [1.165, 1.54) is 11.3 Å². The molecule has 5 nitrogen and oxygen atoms in total. The van der Waals surface area contributed by atoms with E-state index in [4.69, 9.17) is 22.4 Å². The van der Waals surface area contributed by atoms with Crippen LogP contribution in [0.4, 0.5) is 5.69 Å². The molecule has 0 aliphatic carbocycles. The molecule has 132 valence electrons. The molecule has 1 aliphatic heterocycles. The fourth-order valence-corrected chi connectivity index (χ4v) is 4.23. The Morgan fingerprint density at radius 3 is 2.77 bits per heavy atom. The molecule has 2 N–H and O–H groups in total. The lowest BCUT2D eigenvalue weighted by molar-refractivity contribution is -0.118. The van der Waals surface area contributed by atoms with E-state index in [1.54, 1.807) is 26.2 Å². The van der Waals surface area contributed by atoms with Crippen LogP contribution < -0.4 is 10.1 Å². The number of thiophene rings is 1. The van der Waals surface area contributed by atoms with E-state index in [1.807, 2.05) is 29.6 Å². The number of nitrogens with one attached hydrogen (secondary N) is 2. The van der Waals surface area contributed by atoms with Crippen LogP contribution in [0.15, 0.2) is 52.3 Å². The summed E-state index contributed by atoms with van der Waals surface area (Å²) in [6, 6.07) is 11.1. The SMILES string of the molecule is COc1ccccc1NC(=O)C1C(C)=NC(=S)C(=C=N)[C@H]1c1cccs1. The van der Waals surface area contributed by atoms with Crippen molar-refractivity contribution in [2.24, 2.45) is 10.9 Å². The number of thiocarbonyl (C=S) groups is 1. The summed E-state index contributed by atoms with van der Waals surface area (Å²) < 4.78 is 5.31. The van der Waals surface area contributed by atoms with Gasteiger partial charge < -0.3 is 10.1 Å². The van der Waals surface area contributed by atoms with Gasteiger partial charge in [0.05, 0.1) is 24.3 Å². The highest BCUT2D eigenvalue weighted by molar-refractivity contribution is 7.80. The van der Waals surface area contributed by atoms with Crippen molar-refractivity contribution >= 4 is 51.7 Å². The number of methoxy groups -OCH3 is 1. The maximum Gasteiger partial charge on any atom is 0.234 e. The van der Waals surface area contributed by atoms with Crippen LogP contribution in [0.1, 0.15) is 17.7 Å². The molecule has 1 aliphatic rings. The van der Waals surface area contributed by atoms with Gasteiger partial charge in [-0.3, -0.25) is 10.2 Å². The van der Waals surface area contributed by atoms with Crippen LogP contribution in [-0.2, 0) is 4.79 Å².